The highest BCUT2D eigenvalue weighted by Crippen LogP contribution is 2.21. The van der Waals surface area contributed by atoms with Crippen LogP contribution >= 0.6 is 0 Å². The van der Waals surface area contributed by atoms with Crippen molar-refractivity contribution in [2.45, 2.75) is 53.1 Å². The second-order valence-electron chi connectivity index (χ2n) is 4.82. The van der Waals surface area contributed by atoms with Gasteiger partial charge >= 0.3 is 0 Å². The number of rotatable bonds is 8. The van der Waals surface area contributed by atoms with Crippen LogP contribution in [0.2, 0.25) is 0 Å². The first-order valence-electron chi connectivity index (χ1n) is 6.90. The largest absolute Gasteiger partial charge is 0.493 e. The molecule has 0 saturated carbocycles. The van der Waals surface area contributed by atoms with E-state index in [0.29, 0.717) is 5.92 Å². The van der Waals surface area contributed by atoms with E-state index in [9.17, 15) is 5.11 Å². The van der Waals surface area contributed by atoms with Crippen molar-refractivity contribution in [2.24, 2.45) is 5.92 Å². The maximum absolute atomic E-state index is 9.25. The van der Waals surface area contributed by atoms with Gasteiger partial charge in [0.2, 0.25) is 0 Å². The molecule has 1 aromatic rings. The Morgan fingerprint density at radius 3 is 2.78 bits per heavy atom. The zero-order chi connectivity index (χ0) is 13.4. The molecule has 0 aromatic carbocycles. The van der Waals surface area contributed by atoms with Crippen molar-refractivity contribution in [2.75, 3.05) is 6.61 Å². The fourth-order valence-electron chi connectivity index (χ4n) is 1.92. The van der Waals surface area contributed by atoms with E-state index in [1.54, 1.807) is 6.20 Å². The molecule has 0 spiro atoms. The fraction of sp³-hybridized carbons (Fsp3) is 0.667. The lowest BCUT2D eigenvalue weighted by Gasteiger charge is -2.17. The Balaban J connectivity index is 2.57. The van der Waals surface area contributed by atoms with E-state index in [4.69, 9.17) is 4.74 Å². The van der Waals surface area contributed by atoms with E-state index >= 15 is 0 Å². The number of aliphatic hydroxyl groups excluding tert-OH is 1. The number of hydrogen-bond donors (Lipinski definition) is 1. The Morgan fingerprint density at radius 1 is 1.39 bits per heavy atom. The Labute approximate surface area is 110 Å². The molecule has 0 aliphatic heterocycles. The zero-order valence-electron chi connectivity index (χ0n) is 11.8. The average Bonchev–Trinajstić information content (AvgIpc) is 2.39. The van der Waals surface area contributed by atoms with Crippen molar-refractivity contribution in [3.63, 3.8) is 0 Å². The Kier molecular flexibility index (Phi) is 6.73. The summed E-state index contributed by atoms with van der Waals surface area (Å²) in [4.78, 5) is 4.17. The Hall–Kier alpha value is -1.09. The van der Waals surface area contributed by atoms with E-state index < -0.39 is 0 Å². The number of aliphatic hydroxyl groups is 1. The highest BCUT2D eigenvalue weighted by molar-refractivity contribution is 5.32. The summed E-state index contributed by atoms with van der Waals surface area (Å²) >= 11 is 0. The predicted octanol–water partition coefficient (Wildman–Crippen LogP) is 3.48. The highest BCUT2D eigenvalue weighted by Gasteiger charge is 2.09. The lowest BCUT2D eigenvalue weighted by molar-refractivity contribution is 0.220. The molecule has 3 nitrogen and oxygen atoms in total. The van der Waals surface area contributed by atoms with E-state index in [0.717, 1.165) is 30.0 Å². The SMILES string of the molecule is CCCCC(CC)COc1cc(C)ncc1CO. The van der Waals surface area contributed by atoms with Crippen molar-refractivity contribution in [3.05, 3.63) is 23.5 Å². The van der Waals surface area contributed by atoms with E-state index in [-0.39, 0.29) is 6.61 Å². The van der Waals surface area contributed by atoms with Crippen molar-refractivity contribution < 1.29 is 9.84 Å². The van der Waals surface area contributed by atoms with Crippen LogP contribution in [0.4, 0.5) is 0 Å². The van der Waals surface area contributed by atoms with Crippen LogP contribution in [0.25, 0.3) is 0 Å². The zero-order valence-corrected chi connectivity index (χ0v) is 11.8. The third-order valence-corrected chi connectivity index (χ3v) is 3.27. The normalized spacial score (nSPS) is 12.4. The second-order valence-corrected chi connectivity index (χ2v) is 4.82. The van der Waals surface area contributed by atoms with Crippen LogP contribution in [-0.4, -0.2) is 16.7 Å². The third-order valence-electron chi connectivity index (χ3n) is 3.27. The van der Waals surface area contributed by atoms with Gasteiger partial charge in [-0.2, -0.15) is 0 Å². The van der Waals surface area contributed by atoms with Gasteiger partial charge in [0, 0.05) is 23.5 Å². The van der Waals surface area contributed by atoms with Crippen molar-refractivity contribution >= 4 is 0 Å². The number of unbranched alkanes of at least 4 members (excludes halogenated alkanes) is 1. The lowest BCUT2D eigenvalue weighted by Crippen LogP contribution is -2.12. The number of aryl methyl sites for hydroxylation is 1. The molecule has 1 atom stereocenters. The summed E-state index contributed by atoms with van der Waals surface area (Å²) in [5.41, 5.74) is 1.69. The minimum Gasteiger partial charge on any atom is -0.493 e. The quantitative estimate of drug-likeness (QED) is 0.769. The van der Waals surface area contributed by atoms with Gasteiger partial charge < -0.3 is 9.84 Å². The Morgan fingerprint density at radius 2 is 2.17 bits per heavy atom. The average molecular weight is 251 g/mol. The molecule has 0 aliphatic carbocycles. The van der Waals surface area contributed by atoms with Crippen LogP contribution in [0.1, 0.15) is 50.8 Å². The lowest BCUT2D eigenvalue weighted by atomic mass is 10.0. The van der Waals surface area contributed by atoms with Gasteiger partial charge in [-0.05, 0) is 19.3 Å². The number of pyridine rings is 1. The molecular weight excluding hydrogens is 226 g/mol. The predicted molar refractivity (Wildman–Crippen MR) is 73.7 cm³/mol. The molecule has 0 radical (unpaired) electrons. The van der Waals surface area contributed by atoms with Crippen molar-refractivity contribution in [3.8, 4) is 5.75 Å². The number of nitrogens with zero attached hydrogens (tertiary/aromatic N) is 1. The van der Waals surface area contributed by atoms with E-state index in [1.165, 1.54) is 19.3 Å². The summed E-state index contributed by atoms with van der Waals surface area (Å²) < 4.78 is 5.86. The van der Waals surface area contributed by atoms with Gasteiger partial charge in [-0.1, -0.05) is 33.1 Å². The summed E-state index contributed by atoms with van der Waals surface area (Å²) in [6.07, 6.45) is 6.53. The molecule has 0 saturated heterocycles. The molecule has 0 fully saturated rings. The van der Waals surface area contributed by atoms with Gasteiger partial charge in [0.15, 0.2) is 0 Å². The van der Waals surface area contributed by atoms with Gasteiger partial charge in [0.1, 0.15) is 5.75 Å². The molecular formula is C15H25NO2. The first-order chi connectivity index (χ1) is 8.71. The molecule has 0 amide bonds. The molecule has 1 heterocycles. The fourth-order valence-corrected chi connectivity index (χ4v) is 1.92. The van der Waals surface area contributed by atoms with Crippen molar-refractivity contribution in [1.29, 1.82) is 0 Å². The summed E-state index contributed by atoms with van der Waals surface area (Å²) in [7, 11) is 0. The van der Waals surface area contributed by atoms with Crippen LogP contribution in [-0.2, 0) is 6.61 Å². The van der Waals surface area contributed by atoms with Gasteiger partial charge in [-0.25, -0.2) is 0 Å². The first kappa shape index (κ1) is 15.0. The van der Waals surface area contributed by atoms with Gasteiger partial charge in [-0.15, -0.1) is 0 Å². The number of hydrogen-bond acceptors (Lipinski definition) is 3. The molecule has 18 heavy (non-hydrogen) atoms. The first-order valence-corrected chi connectivity index (χ1v) is 6.90. The summed E-state index contributed by atoms with van der Waals surface area (Å²) in [5, 5.41) is 9.25. The van der Waals surface area contributed by atoms with Gasteiger partial charge in [0.25, 0.3) is 0 Å². The molecule has 0 bridgehead atoms. The monoisotopic (exact) mass is 251 g/mol. The third kappa shape index (κ3) is 4.65. The van der Waals surface area contributed by atoms with Crippen LogP contribution in [0.15, 0.2) is 12.3 Å². The molecule has 1 N–H and O–H groups in total. The highest BCUT2D eigenvalue weighted by atomic mass is 16.5. The summed E-state index contributed by atoms with van der Waals surface area (Å²) in [5.74, 6) is 1.38. The molecule has 1 unspecified atom stereocenters. The minimum atomic E-state index is -0.0195. The van der Waals surface area contributed by atoms with Crippen molar-refractivity contribution in [1.82, 2.24) is 4.98 Å². The van der Waals surface area contributed by atoms with Gasteiger partial charge in [0.05, 0.1) is 13.2 Å². The molecule has 3 heteroatoms. The van der Waals surface area contributed by atoms with Crippen LogP contribution in [0.5, 0.6) is 5.75 Å². The topological polar surface area (TPSA) is 42.4 Å². The minimum absolute atomic E-state index is 0.0195. The van der Waals surface area contributed by atoms with Crippen LogP contribution in [0.3, 0.4) is 0 Å². The maximum Gasteiger partial charge on any atom is 0.128 e. The second kappa shape index (κ2) is 8.09. The smallest absolute Gasteiger partial charge is 0.128 e. The maximum atomic E-state index is 9.25. The standard InChI is InChI=1S/C15H25NO2/c1-4-6-7-13(5-2)11-18-15-8-12(3)16-9-14(15)10-17/h8-9,13,17H,4-7,10-11H2,1-3H3. The summed E-state index contributed by atoms with van der Waals surface area (Å²) in [6.45, 7) is 7.06. The van der Waals surface area contributed by atoms with Crippen LogP contribution < -0.4 is 4.74 Å². The van der Waals surface area contributed by atoms with E-state index in [2.05, 4.69) is 18.8 Å². The molecule has 102 valence electrons. The molecule has 0 aliphatic rings. The van der Waals surface area contributed by atoms with Gasteiger partial charge in [-0.3, -0.25) is 4.98 Å². The summed E-state index contributed by atoms with van der Waals surface area (Å²) in [6, 6.07) is 1.90. The molecule has 1 aromatic heterocycles. The van der Waals surface area contributed by atoms with E-state index in [1.807, 2.05) is 13.0 Å². The number of ether oxygens (including phenoxy) is 1. The van der Waals surface area contributed by atoms with Crippen LogP contribution in [0, 0.1) is 12.8 Å². The molecule has 1 rings (SSSR count). The number of aromatic nitrogens is 1. The Bertz CT molecular complexity index is 352.